The Morgan fingerprint density at radius 2 is 2.00 bits per heavy atom. The summed E-state index contributed by atoms with van der Waals surface area (Å²) in [6, 6.07) is 8.57. The van der Waals surface area contributed by atoms with Crippen molar-refractivity contribution in [2.75, 3.05) is 13.1 Å². The Hall–Kier alpha value is -0.830. The van der Waals surface area contributed by atoms with Crippen LogP contribution in [0.5, 0.6) is 0 Å². The first kappa shape index (κ1) is 14.1. The first-order valence-corrected chi connectivity index (χ1v) is 8.56. The molecule has 1 heterocycles. The Kier molecular flexibility index (Phi) is 4.16. The molecule has 3 rings (SSSR count). The summed E-state index contributed by atoms with van der Waals surface area (Å²) in [5, 5.41) is 0. The fraction of sp³-hybridized carbons (Fsp3) is 0.588. The number of amides is 1. The Balaban J connectivity index is 1.67. The predicted octanol–water partition coefficient (Wildman–Crippen LogP) is 3.42. The highest BCUT2D eigenvalue weighted by molar-refractivity contribution is 9.09. The fourth-order valence-corrected chi connectivity index (χ4v) is 3.86. The summed E-state index contributed by atoms with van der Waals surface area (Å²) in [6.45, 7) is 4.05. The van der Waals surface area contributed by atoms with Gasteiger partial charge in [-0.2, -0.15) is 0 Å². The minimum Gasteiger partial charge on any atom is -0.342 e. The van der Waals surface area contributed by atoms with E-state index >= 15 is 0 Å². The van der Waals surface area contributed by atoms with E-state index in [0.29, 0.717) is 16.7 Å². The van der Waals surface area contributed by atoms with Gasteiger partial charge in [-0.15, -0.1) is 0 Å². The zero-order chi connectivity index (χ0) is 14.1. The molecule has 3 atom stereocenters. The van der Waals surface area contributed by atoms with Gasteiger partial charge >= 0.3 is 0 Å². The van der Waals surface area contributed by atoms with Gasteiger partial charge in [0.15, 0.2) is 0 Å². The molecule has 0 saturated carbocycles. The van der Waals surface area contributed by atoms with E-state index in [1.54, 1.807) is 0 Å². The maximum atomic E-state index is 12.7. The van der Waals surface area contributed by atoms with Crippen LogP contribution in [0.4, 0.5) is 0 Å². The van der Waals surface area contributed by atoms with Crippen molar-refractivity contribution in [3.05, 3.63) is 35.4 Å². The van der Waals surface area contributed by atoms with Crippen LogP contribution >= 0.6 is 15.9 Å². The summed E-state index contributed by atoms with van der Waals surface area (Å²) in [6.07, 6.45) is 4.07. The molecule has 3 unspecified atom stereocenters. The highest BCUT2D eigenvalue weighted by Gasteiger charge is 2.32. The van der Waals surface area contributed by atoms with Crippen LogP contribution in [0.15, 0.2) is 24.3 Å². The molecule has 1 aliphatic carbocycles. The number of likely N-dealkylation sites (tertiary alicyclic amines) is 1. The second kappa shape index (κ2) is 5.88. The van der Waals surface area contributed by atoms with Crippen LogP contribution in [0, 0.1) is 11.8 Å². The third-order valence-corrected chi connectivity index (χ3v) is 6.17. The largest absolute Gasteiger partial charge is 0.342 e. The van der Waals surface area contributed by atoms with Gasteiger partial charge in [0.2, 0.25) is 5.91 Å². The summed E-state index contributed by atoms with van der Waals surface area (Å²) in [5.41, 5.74) is 2.81. The summed E-state index contributed by atoms with van der Waals surface area (Å²) in [5.74, 6) is 1.14. The van der Waals surface area contributed by atoms with E-state index in [1.807, 2.05) is 0 Å². The van der Waals surface area contributed by atoms with Gasteiger partial charge in [0.25, 0.3) is 0 Å². The lowest BCUT2D eigenvalue weighted by molar-refractivity contribution is -0.137. The number of hydrogen-bond donors (Lipinski definition) is 0. The maximum absolute atomic E-state index is 12.7. The molecular weight excluding hydrogens is 314 g/mol. The van der Waals surface area contributed by atoms with E-state index in [1.165, 1.54) is 11.1 Å². The molecule has 1 aliphatic heterocycles. The van der Waals surface area contributed by atoms with Crippen LogP contribution in [-0.4, -0.2) is 28.7 Å². The molecule has 0 bridgehead atoms. The zero-order valence-electron chi connectivity index (χ0n) is 12.0. The van der Waals surface area contributed by atoms with E-state index in [2.05, 4.69) is 52.0 Å². The number of halogens is 1. The lowest BCUT2D eigenvalue weighted by atomic mass is 9.83. The van der Waals surface area contributed by atoms with E-state index in [9.17, 15) is 4.79 Å². The van der Waals surface area contributed by atoms with Crippen molar-refractivity contribution in [1.82, 2.24) is 4.90 Å². The fourth-order valence-electron chi connectivity index (χ4n) is 3.48. The molecule has 108 valence electrons. The quantitative estimate of drug-likeness (QED) is 0.720. The second-order valence-corrected chi connectivity index (χ2v) is 7.45. The minimum atomic E-state index is 0.198. The number of carbonyl (C=O) groups is 1. The van der Waals surface area contributed by atoms with Crippen molar-refractivity contribution >= 4 is 21.8 Å². The Bertz CT molecular complexity index is 502. The van der Waals surface area contributed by atoms with Crippen LogP contribution in [0.1, 0.15) is 30.9 Å². The number of rotatable bonds is 1. The van der Waals surface area contributed by atoms with Crippen molar-refractivity contribution in [2.24, 2.45) is 11.8 Å². The summed E-state index contributed by atoms with van der Waals surface area (Å²) in [7, 11) is 0. The number of fused-ring (bicyclic) bond motifs is 1. The molecule has 1 fully saturated rings. The smallest absolute Gasteiger partial charge is 0.226 e. The lowest BCUT2D eigenvalue weighted by Gasteiger charge is -2.37. The number of piperidine rings is 1. The van der Waals surface area contributed by atoms with E-state index in [0.717, 1.165) is 38.8 Å². The molecule has 0 aromatic heterocycles. The van der Waals surface area contributed by atoms with Crippen LogP contribution in [0.25, 0.3) is 0 Å². The Labute approximate surface area is 129 Å². The summed E-state index contributed by atoms with van der Waals surface area (Å²) < 4.78 is 0. The zero-order valence-corrected chi connectivity index (χ0v) is 13.6. The number of aryl methyl sites for hydroxylation is 1. The number of benzene rings is 1. The number of nitrogens with zero attached hydrogens (tertiary/aromatic N) is 1. The van der Waals surface area contributed by atoms with Gasteiger partial charge in [-0.05, 0) is 42.7 Å². The van der Waals surface area contributed by atoms with Crippen LogP contribution in [0.2, 0.25) is 0 Å². The van der Waals surface area contributed by atoms with Crippen LogP contribution in [-0.2, 0) is 17.6 Å². The molecule has 20 heavy (non-hydrogen) atoms. The molecule has 2 nitrogen and oxygen atoms in total. The van der Waals surface area contributed by atoms with Crippen molar-refractivity contribution in [1.29, 1.82) is 0 Å². The maximum Gasteiger partial charge on any atom is 0.226 e. The SMILES string of the molecule is CC1CN(C(=O)C2CCc3ccccc3C2)CCC1Br. The predicted molar refractivity (Wildman–Crippen MR) is 85.0 cm³/mol. The highest BCUT2D eigenvalue weighted by atomic mass is 79.9. The van der Waals surface area contributed by atoms with Gasteiger partial charge in [-0.25, -0.2) is 0 Å². The van der Waals surface area contributed by atoms with Gasteiger partial charge < -0.3 is 4.90 Å². The van der Waals surface area contributed by atoms with Gasteiger partial charge in [0, 0.05) is 23.8 Å². The number of hydrogen-bond acceptors (Lipinski definition) is 1. The monoisotopic (exact) mass is 335 g/mol. The molecule has 1 saturated heterocycles. The van der Waals surface area contributed by atoms with E-state index in [4.69, 9.17) is 0 Å². The average molecular weight is 336 g/mol. The average Bonchev–Trinajstić information content (AvgIpc) is 2.49. The van der Waals surface area contributed by atoms with E-state index in [-0.39, 0.29) is 5.92 Å². The van der Waals surface area contributed by atoms with Crippen LogP contribution in [0.3, 0.4) is 0 Å². The molecule has 0 spiro atoms. The third-order valence-electron chi connectivity index (χ3n) is 4.81. The molecule has 2 aliphatic rings. The second-order valence-electron chi connectivity index (χ2n) is 6.27. The molecule has 1 aromatic carbocycles. The van der Waals surface area contributed by atoms with Gasteiger partial charge in [-0.1, -0.05) is 47.1 Å². The summed E-state index contributed by atoms with van der Waals surface area (Å²) in [4.78, 5) is 15.4. The van der Waals surface area contributed by atoms with Gasteiger partial charge in [-0.3, -0.25) is 4.79 Å². The first-order valence-electron chi connectivity index (χ1n) is 7.65. The summed E-state index contributed by atoms with van der Waals surface area (Å²) >= 11 is 3.71. The number of alkyl halides is 1. The number of carbonyl (C=O) groups excluding carboxylic acids is 1. The molecular formula is C17H22BrNO. The highest BCUT2D eigenvalue weighted by Crippen LogP contribution is 2.29. The third kappa shape index (κ3) is 2.78. The van der Waals surface area contributed by atoms with E-state index < -0.39 is 0 Å². The van der Waals surface area contributed by atoms with Gasteiger partial charge in [0.05, 0.1) is 0 Å². The van der Waals surface area contributed by atoms with Crippen molar-refractivity contribution < 1.29 is 4.79 Å². The molecule has 3 heteroatoms. The normalized spacial score (nSPS) is 29.9. The molecule has 1 aromatic rings. The minimum absolute atomic E-state index is 0.198. The van der Waals surface area contributed by atoms with Gasteiger partial charge in [0.1, 0.15) is 0 Å². The van der Waals surface area contributed by atoms with Crippen molar-refractivity contribution in [2.45, 2.75) is 37.4 Å². The van der Waals surface area contributed by atoms with Crippen LogP contribution < -0.4 is 0 Å². The van der Waals surface area contributed by atoms with Crippen molar-refractivity contribution in [3.8, 4) is 0 Å². The topological polar surface area (TPSA) is 20.3 Å². The molecule has 0 radical (unpaired) electrons. The standard InChI is InChI=1S/C17H22BrNO/c1-12-11-19(9-8-16(12)18)17(20)15-7-6-13-4-2-3-5-14(13)10-15/h2-5,12,15-16H,6-11H2,1H3. The Morgan fingerprint density at radius 3 is 2.75 bits per heavy atom. The lowest BCUT2D eigenvalue weighted by Crippen LogP contribution is -2.46. The van der Waals surface area contributed by atoms with Crippen molar-refractivity contribution in [3.63, 3.8) is 0 Å². The molecule has 0 N–H and O–H groups in total. The first-order chi connectivity index (χ1) is 9.65. The molecule has 1 amide bonds. The Morgan fingerprint density at radius 1 is 1.25 bits per heavy atom.